The predicted octanol–water partition coefficient (Wildman–Crippen LogP) is 2.35. The predicted molar refractivity (Wildman–Crippen MR) is 105 cm³/mol. The number of fused-ring (bicyclic) bond motifs is 1. The second-order valence-corrected chi connectivity index (χ2v) is 9.57. The molecule has 1 spiro atoms. The van der Waals surface area contributed by atoms with Crippen LogP contribution in [0.5, 0.6) is 0 Å². The number of allylic oxidation sites excluding steroid dienone is 1. The molecule has 7 heteroatoms. The van der Waals surface area contributed by atoms with E-state index in [1.165, 1.54) is 0 Å². The van der Waals surface area contributed by atoms with Crippen LogP contribution < -0.4 is 0 Å². The van der Waals surface area contributed by atoms with E-state index in [9.17, 15) is 10.2 Å². The van der Waals surface area contributed by atoms with Gasteiger partial charge in [-0.3, -0.25) is 4.98 Å². The Morgan fingerprint density at radius 2 is 2.13 bits per heavy atom. The average molecular weight is 413 g/mol. The first kappa shape index (κ1) is 18.8. The first-order chi connectivity index (χ1) is 14.4. The summed E-state index contributed by atoms with van der Waals surface area (Å²) in [4.78, 5) is 15.2. The molecule has 2 aliphatic carbocycles. The van der Waals surface area contributed by atoms with Crippen LogP contribution in [0.25, 0.3) is 5.76 Å². The SMILES string of the molecule is CC1C(O)CCC23OC4C5=C(C=C(c6cccnc6)OOC5)OC(C)(C(O)CC12)C43. The number of aromatic nitrogens is 1. The molecule has 5 aliphatic rings. The quantitative estimate of drug-likeness (QED) is 0.683. The molecule has 1 aromatic heterocycles. The van der Waals surface area contributed by atoms with Crippen LogP contribution in [0.3, 0.4) is 0 Å². The minimum Gasteiger partial charge on any atom is -0.484 e. The molecule has 2 saturated carbocycles. The third-order valence-electron chi connectivity index (χ3n) is 8.19. The van der Waals surface area contributed by atoms with Crippen LogP contribution in [0.4, 0.5) is 0 Å². The third kappa shape index (κ3) is 2.32. The van der Waals surface area contributed by atoms with Crippen molar-refractivity contribution in [3.05, 3.63) is 47.5 Å². The lowest BCUT2D eigenvalue weighted by molar-refractivity contribution is -0.384. The molecule has 160 valence electrons. The Morgan fingerprint density at radius 1 is 1.27 bits per heavy atom. The lowest BCUT2D eigenvalue weighted by Crippen LogP contribution is -2.80. The number of rotatable bonds is 1. The summed E-state index contributed by atoms with van der Waals surface area (Å²) in [6, 6.07) is 3.73. The molecule has 0 aromatic carbocycles. The molecule has 8 atom stereocenters. The molecule has 2 N–H and O–H groups in total. The molecule has 0 amide bonds. The van der Waals surface area contributed by atoms with Gasteiger partial charge in [0.1, 0.15) is 18.0 Å². The third-order valence-corrected chi connectivity index (χ3v) is 8.19. The van der Waals surface area contributed by atoms with Crippen LogP contribution in [-0.4, -0.2) is 51.3 Å². The van der Waals surface area contributed by atoms with E-state index in [-0.39, 0.29) is 42.2 Å². The first-order valence-electron chi connectivity index (χ1n) is 10.8. The zero-order valence-electron chi connectivity index (χ0n) is 17.2. The molecule has 3 aliphatic heterocycles. The minimum atomic E-state index is -0.763. The summed E-state index contributed by atoms with van der Waals surface area (Å²) >= 11 is 0. The maximum absolute atomic E-state index is 11.2. The van der Waals surface area contributed by atoms with Crippen molar-refractivity contribution in [3.63, 3.8) is 0 Å². The second kappa shape index (κ2) is 6.29. The molecule has 3 fully saturated rings. The van der Waals surface area contributed by atoms with Crippen LogP contribution in [-0.2, 0) is 19.2 Å². The van der Waals surface area contributed by atoms with Crippen LogP contribution >= 0.6 is 0 Å². The number of pyridine rings is 1. The lowest BCUT2D eigenvalue weighted by atomic mass is 9.47. The van der Waals surface area contributed by atoms with Gasteiger partial charge in [0.15, 0.2) is 5.76 Å². The Kier molecular flexibility index (Phi) is 3.95. The van der Waals surface area contributed by atoms with E-state index in [0.29, 0.717) is 24.4 Å². The van der Waals surface area contributed by atoms with Gasteiger partial charge in [-0.2, -0.15) is 4.89 Å². The monoisotopic (exact) mass is 413 g/mol. The number of hydrogen-bond donors (Lipinski definition) is 2. The minimum absolute atomic E-state index is 0.0180. The molecule has 0 radical (unpaired) electrons. The Bertz CT molecular complexity index is 931. The molecule has 30 heavy (non-hydrogen) atoms. The zero-order chi connectivity index (χ0) is 20.7. The highest BCUT2D eigenvalue weighted by molar-refractivity contribution is 5.62. The van der Waals surface area contributed by atoms with Crippen molar-refractivity contribution in [2.45, 2.75) is 62.6 Å². The fourth-order valence-corrected chi connectivity index (χ4v) is 6.57. The van der Waals surface area contributed by atoms with Crippen molar-refractivity contribution >= 4 is 5.76 Å². The molecule has 7 nitrogen and oxygen atoms in total. The van der Waals surface area contributed by atoms with E-state index in [0.717, 1.165) is 17.6 Å². The van der Waals surface area contributed by atoms with E-state index in [4.69, 9.17) is 19.2 Å². The molecule has 1 aromatic rings. The van der Waals surface area contributed by atoms with Gasteiger partial charge in [0.05, 0.1) is 29.8 Å². The van der Waals surface area contributed by atoms with Gasteiger partial charge in [-0.25, -0.2) is 0 Å². The van der Waals surface area contributed by atoms with Crippen LogP contribution in [0.2, 0.25) is 0 Å². The van der Waals surface area contributed by atoms with Gasteiger partial charge >= 0.3 is 0 Å². The summed E-state index contributed by atoms with van der Waals surface area (Å²) in [5.41, 5.74) is 0.570. The van der Waals surface area contributed by atoms with Crippen molar-refractivity contribution in [3.8, 4) is 0 Å². The summed E-state index contributed by atoms with van der Waals surface area (Å²) in [6.07, 6.45) is 6.11. The summed E-state index contributed by atoms with van der Waals surface area (Å²) in [5.74, 6) is 1.37. The van der Waals surface area contributed by atoms with Gasteiger partial charge in [-0.1, -0.05) is 6.92 Å². The molecular formula is C23H27NO6. The van der Waals surface area contributed by atoms with Crippen molar-refractivity contribution in [2.24, 2.45) is 17.8 Å². The van der Waals surface area contributed by atoms with E-state index >= 15 is 0 Å². The van der Waals surface area contributed by atoms with Gasteiger partial charge in [0.25, 0.3) is 0 Å². The maximum Gasteiger partial charge on any atom is 0.177 e. The normalized spacial score (nSPS) is 46.7. The largest absolute Gasteiger partial charge is 0.484 e. The van der Waals surface area contributed by atoms with Crippen molar-refractivity contribution in [2.75, 3.05) is 6.61 Å². The number of aliphatic hydroxyl groups is 2. The molecular weight excluding hydrogens is 386 g/mol. The fraction of sp³-hybridized carbons (Fsp3) is 0.609. The fourth-order valence-electron chi connectivity index (χ4n) is 6.57. The van der Waals surface area contributed by atoms with Crippen molar-refractivity contribution in [1.82, 2.24) is 4.98 Å². The zero-order valence-corrected chi connectivity index (χ0v) is 17.2. The highest BCUT2D eigenvalue weighted by atomic mass is 17.2. The van der Waals surface area contributed by atoms with Crippen molar-refractivity contribution < 1.29 is 29.5 Å². The van der Waals surface area contributed by atoms with Gasteiger partial charge < -0.3 is 24.6 Å². The second-order valence-electron chi connectivity index (χ2n) is 9.57. The summed E-state index contributed by atoms with van der Waals surface area (Å²) in [5, 5.41) is 21.6. The first-order valence-corrected chi connectivity index (χ1v) is 10.8. The highest BCUT2D eigenvalue weighted by Gasteiger charge is 2.75. The van der Waals surface area contributed by atoms with Gasteiger partial charge in [-0.05, 0) is 50.2 Å². The van der Waals surface area contributed by atoms with E-state index in [1.807, 2.05) is 25.1 Å². The Labute approximate surface area is 175 Å². The smallest absolute Gasteiger partial charge is 0.177 e. The number of ether oxygens (including phenoxy) is 2. The summed E-state index contributed by atoms with van der Waals surface area (Å²) < 4.78 is 13.2. The number of nitrogens with zero attached hydrogens (tertiary/aromatic N) is 1. The Morgan fingerprint density at radius 3 is 2.93 bits per heavy atom. The highest BCUT2D eigenvalue weighted by Crippen LogP contribution is 2.66. The van der Waals surface area contributed by atoms with Crippen LogP contribution in [0.15, 0.2) is 41.9 Å². The van der Waals surface area contributed by atoms with E-state index in [2.05, 4.69) is 11.9 Å². The average Bonchev–Trinajstić information content (AvgIpc) is 2.93. The summed E-state index contributed by atoms with van der Waals surface area (Å²) in [6.45, 7) is 4.31. The van der Waals surface area contributed by atoms with Crippen LogP contribution in [0.1, 0.15) is 38.7 Å². The van der Waals surface area contributed by atoms with E-state index in [1.54, 1.807) is 12.4 Å². The van der Waals surface area contributed by atoms with Crippen molar-refractivity contribution in [1.29, 1.82) is 0 Å². The molecule has 4 heterocycles. The number of aliphatic hydroxyl groups excluding tert-OH is 2. The molecule has 6 rings (SSSR count). The van der Waals surface area contributed by atoms with Gasteiger partial charge in [-0.15, -0.1) is 0 Å². The molecule has 1 saturated heterocycles. The standard InChI is InChI=1S/C23H27NO6/c1-12-15-8-19(26)22(2)21-20(29-23(15,21)6-5-16(12)25)14-11-27-30-17(9-18(14)28-22)13-4-3-7-24-10-13/h3-4,7,9-10,12,15-16,19-21,25-26H,5-6,8,11H2,1-2H3. The summed E-state index contributed by atoms with van der Waals surface area (Å²) in [7, 11) is 0. The maximum atomic E-state index is 11.2. The molecule has 0 bridgehead atoms. The van der Waals surface area contributed by atoms with Gasteiger partial charge in [0, 0.05) is 29.6 Å². The lowest BCUT2D eigenvalue weighted by Gasteiger charge is -2.71. The Balaban J connectivity index is 1.42. The molecule has 8 unspecified atom stereocenters. The van der Waals surface area contributed by atoms with Gasteiger partial charge in [0.2, 0.25) is 0 Å². The van der Waals surface area contributed by atoms with Crippen LogP contribution in [0, 0.1) is 17.8 Å². The van der Waals surface area contributed by atoms with E-state index < -0.39 is 11.7 Å². The Hall–Kier alpha value is -1.93. The topological polar surface area (TPSA) is 90.3 Å². The number of hydrogen-bond acceptors (Lipinski definition) is 7.